The smallest absolute Gasteiger partial charge is 0.161 e. The highest BCUT2D eigenvalue weighted by atomic mass is 35.5. The highest BCUT2D eigenvalue weighted by molar-refractivity contribution is 6.18. The van der Waals surface area contributed by atoms with Gasteiger partial charge in [-0.05, 0) is 30.5 Å². The lowest BCUT2D eigenvalue weighted by molar-refractivity contribution is -0.295. The number of hydroxylamine groups is 2. The largest absolute Gasteiger partial charge is 0.388 e. The summed E-state index contributed by atoms with van der Waals surface area (Å²) in [6, 6.07) is 8.10. The van der Waals surface area contributed by atoms with Crippen LogP contribution in [0, 0.1) is 0 Å². The number of rotatable bonds is 10. The third-order valence-corrected chi connectivity index (χ3v) is 4.97. The van der Waals surface area contributed by atoms with E-state index in [0.29, 0.717) is 18.2 Å². The van der Waals surface area contributed by atoms with Crippen LogP contribution in [0.2, 0.25) is 0 Å². The Labute approximate surface area is 169 Å². The molecule has 0 saturated carbocycles. The monoisotopic (exact) mass is 422 g/mol. The molecular formula is C18H28Cl2N2O5. The maximum absolute atomic E-state index is 10.1. The fraction of sp³-hybridized carbons (Fsp3) is 0.667. The van der Waals surface area contributed by atoms with Crippen LogP contribution in [-0.2, 0) is 11.2 Å². The average molecular weight is 423 g/mol. The predicted molar refractivity (Wildman–Crippen MR) is 105 cm³/mol. The number of alkyl halides is 2. The van der Waals surface area contributed by atoms with Gasteiger partial charge in [-0.15, -0.1) is 23.2 Å². The van der Waals surface area contributed by atoms with E-state index in [1.165, 1.54) is 0 Å². The molecule has 0 aliphatic carbocycles. The first-order valence-electron chi connectivity index (χ1n) is 9.05. The number of anilines is 1. The Balaban J connectivity index is 1.81. The van der Waals surface area contributed by atoms with Crippen LogP contribution in [0.15, 0.2) is 24.3 Å². The molecule has 1 aromatic rings. The molecule has 7 nitrogen and oxygen atoms in total. The number of aliphatic hydroxyl groups excluding tert-OH is 3. The van der Waals surface area contributed by atoms with Crippen molar-refractivity contribution in [2.24, 2.45) is 0 Å². The quantitative estimate of drug-likeness (QED) is 0.330. The van der Waals surface area contributed by atoms with Crippen LogP contribution < -0.4 is 4.90 Å². The Morgan fingerprint density at radius 2 is 1.59 bits per heavy atom. The Morgan fingerprint density at radius 1 is 0.963 bits per heavy atom. The molecule has 27 heavy (non-hydrogen) atoms. The molecule has 1 fully saturated rings. The summed E-state index contributed by atoms with van der Waals surface area (Å²) in [5.74, 6) is 1.07. The molecule has 1 aliphatic heterocycles. The molecule has 4 atom stereocenters. The molecular weight excluding hydrogens is 395 g/mol. The highest BCUT2D eigenvalue weighted by Gasteiger charge is 2.40. The lowest BCUT2D eigenvalue weighted by Gasteiger charge is -2.38. The molecule has 1 heterocycles. The normalized spacial score (nSPS) is 25.7. The van der Waals surface area contributed by atoms with Crippen molar-refractivity contribution in [3.63, 3.8) is 0 Å². The predicted octanol–water partition coefficient (Wildman–Crippen LogP) is 1.03. The van der Waals surface area contributed by atoms with Gasteiger partial charge in [0, 0.05) is 37.1 Å². The highest BCUT2D eigenvalue weighted by Crippen LogP contribution is 2.19. The van der Waals surface area contributed by atoms with Gasteiger partial charge in [-0.25, -0.2) is 0 Å². The Morgan fingerprint density at radius 3 is 2.19 bits per heavy atom. The van der Waals surface area contributed by atoms with Crippen molar-refractivity contribution in [3.05, 3.63) is 29.8 Å². The van der Waals surface area contributed by atoms with Crippen LogP contribution in [0.25, 0.3) is 0 Å². The molecule has 1 aromatic carbocycles. The zero-order valence-corrected chi connectivity index (χ0v) is 16.6. The summed E-state index contributed by atoms with van der Waals surface area (Å²) in [5.41, 5.74) is 2.18. The number of hydrogen-bond acceptors (Lipinski definition) is 7. The van der Waals surface area contributed by atoms with Crippen molar-refractivity contribution in [2.45, 2.75) is 37.4 Å². The van der Waals surface area contributed by atoms with Gasteiger partial charge in [0.1, 0.15) is 18.3 Å². The number of benzene rings is 1. The van der Waals surface area contributed by atoms with Crippen molar-refractivity contribution in [1.82, 2.24) is 5.06 Å². The first-order valence-corrected chi connectivity index (χ1v) is 10.1. The SMILES string of the molecule is O[C@@H]1[C@H](O)COC(N(O)CCCc2ccc(N(CCCl)CCCl)cc2)[C@@H]1O. The van der Waals surface area contributed by atoms with Gasteiger partial charge in [0.05, 0.1) is 6.61 Å². The van der Waals surface area contributed by atoms with E-state index in [2.05, 4.69) is 4.90 Å². The van der Waals surface area contributed by atoms with Crippen molar-refractivity contribution >= 4 is 28.9 Å². The van der Waals surface area contributed by atoms with Crippen LogP contribution in [0.4, 0.5) is 5.69 Å². The zero-order chi connectivity index (χ0) is 19.8. The van der Waals surface area contributed by atoms with Crippen LogP contribution >= 0.6 is 23.2 Å². The molecule has 0 radical (unpaired) electrons. The Kier molecular flexibility index (Phi) is 9.55. The fourth-order valence-corrected chi connectivity index (χ4v) is 3.48. The van der Waals surface area contributed by atoms with E-state index in [1.807, 2.05) is 24.3 Å². The van der Waals surface area contributed by atoms with Crippen LogP contribution in [-0.4, -0.2) is 88.1 Å². The summed E-state index contributed by atoms with van der Waals surface area (Å²) >= 11 is 11.7. The van der Waals surface area contributed by atoms with Crippen LogP contribution in [0.5, 0.6) is 0 Å². The summed E-state index contributed by atoms with van der Waals surface area (Å²) in [7, 11) is 0. The van der Waals surface area contributed by atoms with Crippen molar-refractivity contribution < 1.29 is 25.3 Å². The van der Waals surface area contributed by atoms with Gasteiger partial charge in [0.25, 0.3) is 0 Å². The molecule has 1 aliphatic rings. The van der Waals surface area contributed by atoms with E-state index < -0.39 is 24.5 Å². The van der Waals surface area contributed by atoms with E-state index in [1.54, 1.807) is 0 Å². The Hall–Kier alpha value is -0.640. The van der Waals surface area contributed by atoms with Gasteiger partial charge in [-0.2, -0.15) is 5.06 Å². The zero-order valence-electron chi connectivity index (χ0n) is 15.1. The first-order chi connectivity index (χ1) is 13.0. The topological polar surface area (TPSA) is 96.6 Å². The summed E-state index contributed by atoms with van der Waals surface area (Å²) in [6.45, 7) is 1.59. The summed E-state index contributed by atoms with van der Waals surface area (Å²) in [6.07, 6.45) is -3.54. The van der Waals surface area contributed by atoms with Crippen LogP contribution in [0.3, 0.4) is 0 Å². The Bertz CT molecular complexity index is 545. The molecule has 9 heteroatoms. The molecule has 4 N–H and O–H groups in total. The number of ether oxygens (including phenoxy) is 1. The number of nitrogens with zero attached hydrogens (tertiary/aromatic N) is 2. The molecule has 0 spiro atoms. The second kappa shape index (κ2) is 11.4. The molecule has 2 rings (SSSR count). The van der Waals surface area contributed by atoms with Crippen LogP contribution in [0.1, 0.15) is 12.0 Å². The van der Waals surface area contributed by atoms with Crippen molar-refractivity contribution in [2.75, 3.05) is 42.9 Å². The number of aliphatic hydroxyl groups is 3. The van der Waals surface area contributed by atoms with E-state index in [-0.39, 0.29) is 13.2 Å². The van der Waals surface area contributed by atoms with Gasteiger partial charge in [-0.3, -0.25) is 0 Å². The number of halogens is 2. The van der Waals surface area contributed by atoms with Gasteiger partial charge in [0.15, 0.2) is 6.23 Å². The summed E-state index contributed by atoms with van der Waals surface area (Å²) < 4.78 is 5.21. The molecule has 1 unspecified atom stereocenters. The van der Waals surface area contributed by atoms with Gasteiger partial charge < -0.3 is 30.2 Å². The molecule has 0 bridgehead atoms. The van der Waals surface area contributed by atoms with Gasteiger partial charge in [-0.1, -0.05) is 12.1 Å². The van der Waals surface area contributed by atoms with E-state index in [9.17, 15) is 20.5 Å². The number of aryl methyl sites for hydroxylation is 1. The minimum Gasteiger partial charge on any atom is -0.388 e. The molecule has 1 saturated heterocycles. The van der Waals surface area contributed by atoms with Crippen molar-refractivity contribution in [3.8, 4) is 0 Å². The summed E-state index contributed by atoms with van der Waals surface area (Å²) in [4.78, 5) is 2.13. The van der Waals surface area contributed by atoms with Gasteiger partial charge >= 0.3 is 0 Å². The van der Waals surface area contributed by atoms with E-state index in [4.69, 9.17) is 27.9 Å². The third-order valence-electron chi connectivity index (χ3n) is 4.63. The lowest BCUT2D eigenvalue weighted by Crippen LogP contribution is -2.58. The fourth-order valence-electron chi connectivity index (χ4n) is 3.07. The third kappa shape index (κ3) is 6.44. The minimum atomic E-state index is -1.37. The first kappa shape index (κ1) is 22.6. The minimum absolute atomic E-state index is 0.136. The lowest BCUT2D eigenvalue weighted by atomic mass is 10.0. The molecule has 0 aromatic heterocycles. The maximum Gasteiger partial charge on any atom is 0.161 e. The van der Waals surface area contributed by atoms with E-state index >= 15 is 0 Å². The summed E-state index contributed by atoms with van der Waals surface area (Å²) in [5, 5.41) is 40.0. The maximum atomic E-state index is 10.1. The average Bonchev–Trinajstić information content (AvgIpc) is 2.66. The molecule has 0 amide bonds. The second-order valence-corrected chi connectivity index (χ2v) is 7.33. The standard InChI is InChI=1S/C18H28Cl2N2O5/c19-7-10-21(11-8-20)14-5-3-13(4-6-14)2-1-9-22(26)18-17(25)16(24)15(23)12-27-18/h3-6,15-18,23-26H,1-2,7-12H2/t15-,16-,17-,18?/m1/s1. The van der Waals surface area contributed by atoms with Gasteiger partial charge in [0.2, 0.25) is 0 Å². The van der Waals surface area contributed by atoms with E-state index in [0.717, 1.165) is 35.8 Å². The van der Waals surface area contributed by atoms with Crippen molar-refractivity contribution in [1.29, 1.82) is 0 Å². The second-order valence-electron chi connectivity index (χ2n) is 6.57. The molecule has 154 valence electrons. The number of hydrogen-bond donors (Lipinski definition) is 4.